The van der Waals surface area contributed by atoms with Gasteiger partial charge in [0.25, 0.3) is 0 Å². The van der Waals surface area contributed by atoms with Gasteiger partial charge in [0.2, 0.25) is 0 Å². The van der Waals surface area contributed by atoms with E-state index >= 15 is 0 Å². The predicted molar refractivity (Wildman–Crippen MR) is 126 cm³/mol. The van der Waals surface area contributed by atoms with Crippen molar-refractivity contribution in [3.8, 4) is 0 Å². The molecule has 1 rings (SSSR count). The standard InChI is InChI=1S/C25H41NO4.2Na.2H/c1-2-3-4-5-6-7-8-9-10-11-12-13-14-15-16-17-26-23-19-21(24(27)28)18-22(20-23)25(29)30;;;;/h18-20,26H,2-17H2,1H3,(H,27,28)(H,29,30);;;;/q;2*+1;2*-1. The number of benzene rings is 1. The van der Waals surface area contributed by atoms with Gasteiger partial charge in [0.15, 0.2) is 0 Å². The van der Waals surface area contributed by atoms with Crippen LogP contribution in [0, 0.1) is 0 Å². The van der Waals surface area contributed by atoms with Gasteiger partial charge in [-0.25, -0.2) is 9.59 Å². The fourth-order valence-corrected chi connectivity index (χ4v) is 3.71. The van der Waals surface area contributed by atoms with Crippen molar-refractivity contribution in [1.29, 1.82) is 0 Å². The molecule has 1 aromatic rings. The molecule has 0 aliphatic heterocycles. The fourth-order valence-electron chi connectivity index (χ4n) is 3.71. The van der Waals surface area contributed by atoms with Crippen molar-refractivity contribution in [3.05, 3.63) is 29.3 Å². The Morgan fingerprint density at radius 1 is 0.656 bits per heavy atom. The number of rotatable bonds is 19. The molecule has 1 aromatic carbocycles. The SMILES string of the molecule is CCCCCCCCCCCCCCCCCNc1cc(C(=O)O)cc(C(=O)O)c1.[H-].[H-].[Na+].[Na+]. The van der Waals surface area contributed by atoms with Crippen LogP contribution < -0.4 is 64.4 Å². The number of hydrogen-bond acceptors (Lipinski definition) is 3. The second kappa shape index (κ2) is 22.7. The van der Waals surface area contributed by atoms with Gasteiger partial charge in [0.1, 0.15) is 0 Å². The summed E-state index contributed by atoms with van der Waals surface area (Å²) in [6.45, 7) is 2.98. The van der Waals surface area contributed by atoms with Crippen LogP contribution in [0.3, 0.4) is 0 Å². The van der Waals surface area contributed by atoms with Gasteiger partial charge < -0.3 is 18.4 Å². The maximum Gasteiger partial charge on any atom is 1.00 e. The van der Waals surface area contributed by atoms with Crippen LogP contribution in [0.4, 0.5) is 5.69 Å². The van der Waals surface area contributed by atoms with Crippen molar-refractivity contribution >= 4 is 17.6 Å². The Balaban J connectivity index is -0.00000112. The Morgan fingerprint density at radius 3 is 1.34 bits per heavy atom. The average Bonchev–Trinajstić information content (AvgIpc) is 2.73. The van der Waals surface area contributed by atoms with E-state index in [1.807, 2.05) is 0 Å². The van der Waals surface area contributed by atoms with Crippen molar-refractivity contribution in [2.24, 2.45) is 0 Å². The van der Waals surface area contributed by atoms with Crippen molar-refractivity contribution in [2.45, 2.75) is 103 Å². The molecule has 32 heavy (non-hydrogen) atoms. The number of hydrogen-bond donors (Lipinski definition) is 3. The van der Waals surface area contributed by atoms with Gasteiger partial charge in [-0.15, -0.1) is 0 Å². The molecular formula is C25H43NNa2O4. The number of unbranched alkanes of at least 4 members (excludes halogenated alkanes) is 14. The topological polar surface area (TPSA) is 86.6 Å². The molecule has 7 heteroatoms. The van der Waals surface area contributed by atoms with E-state index in [-0.39, 0.29) is 73.1 Å². The Labute approximate surface area is 242 Å². The molecule has 174 valence electrons. The van der Waals surface area contributed by atoms with E-state index in [2.05, 4.69) is 12.2 Å². The first-order chi connectivity index (χ1) is 14.5. The van der Waals surface area contributed by atoms with Gasteiger partial charge in [0, 0.05) is 12.2 Å². The largest absolute Gasteiger partial charge is 1.00 e. The summed E-state index contributed by atoms with van der Waals surface area (Å²) in [5.74, 6) is -2.23. The van der Waals surface area contributed by atoms with Crippen molar-refractivity contribution in [3.63, 3.8) is 0 Å². The van der Waals surface area contributed by atoms with Crippen LogP contribution in [0.5, 0.6) is 0 Å². The van der Waals surface area contributed by atoms with E-state index in [1.165, 1.54) is 102 Å². The van der Waals surface area contributed by atoms with Gasteiger partial charge in [-0.05, 0) is 24.6 Å². The Kier molecular flexibility index (Phi) is 24.3. The zero-order valence-corrected chi connectivity index (χ0v) is 24.8. The third kappa shape index (κ3) is 17.4. The van der Waals surface area contributed by atoms with Crippen LogP contribution in [-0.2, 0) is 0 Å². The molecule has 3 N–H and O–H groups in total. The van der Waals surface area contributed by atoms with Gasteiger partial charge >= 0.3 is 71.1 Å². The van der Waals surface area contributed by atoms with Crippen LogP contribution in [0.2, 0.25) is 0 Å². The van der Waals surface area contributed by atoms with Gasteiger partial charge in [-0.1, -0.05) is 96.8 Å². The molecule has 0 saturated carbocycles. The second-order valence-electron chi connectivity index (χ2n) is 8.29. The summed E-state index contributed by atoms with van der Waals surface area (Å²) in [7, 11) is 0. The summed E-state index contributed by atoms with van der Waals surface area (Å²) < 4.78 is 0. The summed E-state index contributed by atoms with van der Waals surface area (Å²) in [4.78, 5) is 22.3. The minimum Gasteiger partial charge on any atom is -1.00 e. The quantitative estimate of drug-likeness (QED) is 0.213. The Hall–Kier alpha value is -0.0400. The first kappa shape index (κ1) is 34.1. The smallest absolute Gasteiger partial charge is 1.00 e. The van der Waals surface area contributed by atoms with Gasteiger partial charge in [0.05, 0.1) is 11.1 Å². The minimum atomic E-state index is -1.12. The number of aromatic carboxylic acids is 2. The van der Waals surface area contributed by atoms with Crippen LogP contribution in [0.1, 0.15) is 127 Å². The molecule has 0 aliphatic rings. The third-order valence-electron chi connectivity index (χ3n) is 5.54. The number of carboxylic acids is 2. The summed E-state index contributed by atoms with van der Waals surface area (Å²) in [5.41, 5.74) is 0.542. The molecule has 0 atom stereocenters. The van der Waals surface area contributed by atoms with E-state index in [4.69, 9.17) is 10.2 Å². The average molecular weight is 468 g/mol. The summed E-state index contributed by atoms with van der Waals surface area (Å²) in [6.07, 6.45) is 19.8. The zero-order valence-electron chi connectivity index (χ0n) is 22.8. The molecule has 0 aliphatic carbocycles. The van der Waals surface area contributed by atoms with Crippen molar-refractivity contribution < 1.29 is 81.8 Å². The fraction of sp³-hybridized carbons (Fsp3) is 0.680. The molecule has 0 saturated heterocycles. The molecule has 5 nitrogen and oxygen atoms in total. The van der Waals surface area contributed by atoms with E-state index < -0.39 is 11.9 Å². The number of carboxylic acid groups (broad SMARTS) is 2. The molecular weight excluding hydrogens is 424 g/mol. The minimum absolute atomic E-state index is 0. The molecule has 0 radical (unpaired) electrons. The van der Waals surface area contributed by atoms with Crippen LogP contribution >= 0.6 is 0 Å². The summed E-state index contributed by atoms with van der Waals surface area (Å²) >= 11 is 0. The maximum atomic E-state index is 11.1. The van der Waals surface area contributed by atoms with Crippen molar-refractivity contribution in [1.82, 2.24) is 0 Å². The molecule has 0 unspecified atom stereocenters. The van der Waals surface area contributed by atoms with Crippen LogP contribution in [-0.4, -0.2) is 28.7 Å². The van der Waals surface area contributed by atoms with E-state index in [9.17, 15) is 9.59 Å². The normalized spacial score (nSPS) is 10.2. The Bertz CT molecular complexity index is 605. The first-order valence-corrected chi connectivity index (χ1v) is 11.9. The molecule has 0 bridgehead atoms. The molecule has 0 fully saturated rings. The van der Waals surface area contributed by atoms with E-state index in [0.29, 0.717) is 5.69 Å². The molecule has 0 spiro atoms. The van der Waals surface area contributed by atoms with Gasteiger partial charge in [-0.3, -0.25) is 0 Å². The zero-order chi connectivity index (χ0) is 22.0. The predicted octanol–water partition coefficient (Wildman–Crippen LogP) is 1.60. The summed E-state index contributed by atoms with van der Waals surface area (Å²) in [5, 5.41) is 21.4. The van der Waals surface area contributed by atoms with Crippen molar-refractivity contribution in [2.75, 3.05) is 11.9 Å². The second-order valence-corrected chi connectivity index (χ2v) is 8.29. The molecule has 0 aromatic heterocycles. The van der Waals surface area contributed by atoms with E-state index in [1.54, 1.807) is 0 Å². The molecule has 0 amide bonds. The van der Waals surface area contributed by atoms with Gasteiger partial charge in [-0.2, -0.15) is 0 Å². The summed E-state index contributed by atoms with van der Waals surface area (Å²) in [6, 6.07) is 4.16. The third-order valence-corrected chi connectivity index (χ3v) is 5.54. The first-order valence-electron chi connectivity index (χ1n) is 11.9. The number of carbonyl (C=O) groups is 2. The van der Waals surface area contributed by atoms with Crippen LogP contribution in [0.25, 0.3) is 0 Å². The number of nitrogens with one attached hydrogen (secondary N) is 1. The maximum absolute atomic E-state index is 11.1. The Morgan fingerprint density at radius 2 is 1.00 bits per heavy atom. The molecule has 0 heterocycles. The van der Waals surface area contributed by atoms with E-state index in [0.717, 1.165) is 19.4 Å². The number of anilines is 1. The van der Waals surface area contributed by atoms with Crippen LogP contribution in [0.15, 0.2) is 18.2 Å². The monoisotopic (exact) mass is 467 g/mol.